The van der Waals surface area contributed by atoms with E-state index in [1.54, 1.807) is 0 Å². The minimum absolute atomic E-state index is 0. The Hall–Kier alpha value is -2.32. The zero-order chi connectivity index (χ0) is 34.2. The number of rotatable bonds is 14. The third-order valence-corrected chi connectivity index (χ3v) is 11.0. The number of fused-ring (bicyclic) bond motifs is 2. The van der Waals surface area contributed by atoms with E-state index < -0.39 is 31.4 Å². The number of nitrogens with one attached hydrogen (secondary N) is 1. The van der Waals surface area contributed by atoms with E-state index in [2.05, 4.69) is 66.8 Å². The van der Waals surface area contributed by atoms with E-state index in [4.69, 9.17) is 0 Å². The number of hydrogen-bond acceptors (Lipinski definition) is 8. The molecule has 1 aliphatic carbocycles. The van der Waals surface area contributed by atoms with Gasteiger partial charge in [-0.05, 0) is 75.8 Å². The summed E-state index contributed by atoms with van der Waals surface area (Å²) in [5.74, 6) is -0.900. The van der Waals surface area contributed by atoms with Crippen molar-refractivity contribution in [2.75, 3.05) is 29.5 Å². The molecule has 2 aromatic carbocycles. The van der Waals surface area contributed by atoms with Crippen LogP contribution in [0.3, 0.4) is 0 Å². The van der Waals surface area contributed by atoms with Crippen molar-refractivity contribution in [3.63, 3.8) is 0 Å². The molecule has 0 unspecified atom stereocenters. The molecule has 2 heterocycles. The molecule has 1 amide bonds. The van der Waals surface area contributed by atoms with Crippen LogP contribution in [0.25, 0.3) is 0 Å². The molecule has 2 aliphatic heterocycles. The summed E-state index contributed by atoms with van der Waals surface area (Å²) in [6, 6.07) is 14.1. The first-order valence-electron chi connectivity index (χ1n) is 16.2. The number of amides is 1. The number of para-hydroxylation sites is 1. The maximum Gasteiger partial charge on any atom is 1.00 e. The molecule has 254 valence electrons. The predicted octanol–water partition coefficient (Wildman–Crippen LogP) is 1.85. The molecule has 2 aromatic rings. The first-order valence-corrected chi connectivity index (χ1v) is 19.4. The van der Waals surface area contributed by atoms with Crippen molar-refractivity contribution in [2.24, 2.45) is 0 Å². The molecule has 48 heavy (non-hydrogen) atoms. The summed E-state index contributed by atoms with van der Waals surface area (Å²) < 4.78 is 69.5. The average Bonchev–Trinajstić information content (AvgIpc) is 3.73. The zero-order valence-corrected chi connectivity index (χ0v) is 32.1. The quantitative estimate of drug-likeness (QED) is 0.136. The van der Waals surface area contributed by atoms with E-state index in [9.17, 15) is 30.7 Å². The molecule has 10 nitrogen and oxygen atoms in total. The number of anilines is 1. The molecule has 0 bridgehead atoms. The van der Waals surface area contributed by atoms with Gasteiger partial charge in [0, 0.05) is 70.6 Å². The maximum absolute atomic E-state index is 12.9. The Morgan fingerprint density at radius 2 is 1.56 bits per heavy atom. The fourth-order valence-electron chi connectivity index (χ4n) is 6.76. The van der Waals surface area contributed by atoms with Gasteiger partial charge in [-0.3, -0.25) is 4.79 Å². The van der Waals surface area contributed by atoms with Gasteiger partial charge >= 0.3 is 29.6 Å². The molecule has 0 aromatic heterocycles. The Bertz CT molecular complexity index is 1860. The van der Waals surface area contributed by atoms with Gasteiger partial charge in [-0.25, -0.2) is 16.8 Å². The van der Waals surface area contributed by atoms with Crippen molar-refractivity contribution in [3.8, 4) is 0 Å². The Kier molecular flexibility index (Phi) is 11.9. The third kappa shape index (κ3) is 8.88. The predicted molar refractivity (Wildman–Crippen MR) is 181 cm³/mol. The van der Waals surface area contributed by atoms with E-state index in [-0.39, 0.29) is 65.5 Å². The molecule has 3 aliphatic rings. The van der Waals surface area contributed by atoms with Gasteiger partial charge < -0.3 is 19.3 Å². The van der Waals surface area contributed by atoms with Crippen molar-refractivity contribution in [1.29, 1.82) is 0 Å². The van der Waals surface area contributed by atoms with Crippen LogP contribution >= 0.6 is 0 Å². The molecule has 0 saturated heterocycles. The summed E-state index contributed by atoms with van der Waals surface area (Å²) in [7, 11) is -8.58. The zero-order valence-electron chi connectivity index (χ0n) is 28.5. The smallest absolute Gasteiger partial charge is 0.748 e. The van der Waals surface area contributed by atoms with Crippen molar-refractivity contribution >= 4 is 43.2 Å². The molecular formula is C35H44N3NaO7S2. The van der Waals surface area contributed by atoms with Crippen LogP contribution in [0, 0.1) is 0 Å². The molecule has 0 radical (unpaired) electrons. The first-order chi connectivity index (χ1) is 22.0. The van der Waals surface area contributed by atoms with Crippen molar-refractivity contribution < 1.29 is 64.9 Å². The van der Waals surface area contributed by atoms with Crippen molar-refractivity contribution in [1.82, 2.24) is 5.32 Å². The molecule has 1 saturated carbocycles. The fourth-order valence-corrected chi connectivity index (χ4v) is 7.88. The second-order valence-electron chi connectivity index (χ2n) is 13.8. The summed E-state index contributed by atoms with van der Waals surface area (Å²) in [5, 5.41) is 3.06. The van der Waals surface area contributed by atoms with Crippen molar-refractivity contribution in [2.45, 2.75) is 83.1 Å². The number of hydrogen-bond donors (Lipinski definition) is 1. The fraction of sp³-hybridized carbons (Fsp3) is 0.486. The number of carbonyl (C=O) groups excluding carboxylic acids is 1. The Morgan fingerprint density at radius 1 is 0.917 bits per heavy atom. The number of unbranched alkanes of at least 4 members (excludes halogenated alkanes) is 2. The minimum atomic E-state index is -4.31. The van der Waals surface area contributed by atoms with Crippen LogP contribution in [0.2, 0.25) is 0 Å². The van der Waals surface area contributed by atoms with Crippen LogP contribution in [-0.4, -0.2) is 72.8 Å². The van der Waals surface area contributed by atoms with E-state index in [0.29, 0.717) is 31.5 Å². The first kappa shape index (κ1) is 38.5. The molecule has 13 heteroatoms. The molecule has 1 N–H and O–H groups in total. The summed E-state index contributed by atoms with van der Waals surface area (Å²) in [4.78, 5) is 15.1. The standard InChI is InChI=1S/C35H45N3O7S2.Na/c1-34(2)27-12-5-6-13-29(27)37(20-7-9-22-46(40,41)42)31(34)14-11-15-32-35(3,4)28-24-25(33(39)36-26-17-18-26)16-19-30(28)38(32)21-8-10-23-47(43,44)45;/h5-6,11-16,19,24,26H,7-10,17-18,20-23H2,1-4H3,(H2-,36,39,40,41,42,43,44,45);/q;+1/p-1. The van der Waals surface area contributed by atoms with E-state index in [0.717, 1.165) is 46.8 Å². The van der Waals surface area contributed by atoms with Gasteiger partial charge in [-0.1, -0.05) is 38.1 Å². The second kappa shape index (κ2) is 14.9. The number of benzene rings is 2. The SMILES string of the molecule is CC1(C)C(/C=C/C=C2/N(CCCCS(=O)(=O)[O-])c3ccc(C(=O)NC4CC4)cc3C2(C)C)=[N+](CCCCS(=O)(=O)[O-])c2ccccc21.[Na+]. The largest absolute Gasteiger partial charge is 1.00 e. The number of carbonyl (C=O) groups is 1. The van der Waals surface area contributed by atoms with E-state index in [1.807, 2.05) is 36.4 Å². The average molecular weight is 706 g/mol. The third-order valence-electron chi connectivity index (χ3n) is 9.43. The Balaban J connectivity index is 0.00000520. The number of nitrogens with zero attached hydrogens (tertiary/aromatic N) is 2. The van der Waals surface area contributed by atoms with Gasteiger partial charge in [0.2, 0.25) is 5.69 Å². The van der Waals surface area contributed by atoms with Gasteiger partial charge in [0.15, 0.2) is 5.71 Å². The molecule has 0 spiro atoms. The van der Waals surface area contributed by atoms with Gasteiger partial charge in [0.05, 0.1) is 25.7 Å². The molecule has 1 fully saturated rings. The van der Waals surface area contributed by atoms with Crippen LogP contribution in [0.4, 0.5) is 11.4 Å². The second-order valence-corrected chi connectivity index (χ2v) is 16.8. The van der Waals surface area contributed by atoms with Crippen LogP contribution in [0.15, 0.2) is 66.4 Å². The van der Waals surface area contributed by atoms with Crippen LogP contribution in [0.1, 0.15) is 87.7 Å². The van der Waals surface area contributed by atoms with Crippen molar-refractivity contribution in [3.05, 3.63) is 83.1 Å². The van der Waals surface area contributed by atoms with Gasteiger partial charge in [0.25, 0.3) is 5.91 Å². The van der Waals surface area contributed by atoms with Gasteiger partial charge in [0.1, 0.15) is 6.54 Å². The topological polar surface area (TPSA) is 150 Å². The molecule has 0 atom stereocenters. The molecular weight excluding hydrogens is 662 g/mol. The normalized spacial score (nSPS) is 19.0. The summed E-state index contributed by atoms with van der Waals surface area (Å²) in [5.41, 5.74) is 5.95. The van der Waals surface area contributed by atoms with Crippen LogP contribution in [0.5, 0.6) is 0 Å². The molecule has 5 rings (SSSR count). The summed E-state index contributed by atoms with van der Waals surface area (Å²) >= 11 is 0. The monoisotopic (exact) mass is 705 g/mol. The van der Waals surface area contributed by atoms with Crippen LogP contribution in [-0.2, 0) is 31.1 Å². The van der Waals surface area contributed by atoms with E-state index in [1.165, 1.54) is 0 Å². The summed E-state index contributed by atoms with van der Waals surface area (Å²) in [6.45, 7) is 9.58. The summed E-state index contributed by atoms with van der Waals surface area (Å²) in [6.07, 6.45) is 9.69. The maximum atomic E-state index is 12.9. The number of allylic oxidation sites excluding steroid dienone is 4. The van der Waals surface area contributed by atoms with Gasteiger partial charge in [-0.2, -0.15) is 4.58 Å². The van der Waals surface area contributed by atoms with Gasteiger partial charge in [-0.15, -0.1) is 0 Å². The Morgan fingerprint density at radius 3 is 2.21 bits per heavy atom. The Labute approximate surface area is 307 Å². The minimum Gasteiger partial charge on any atom is -0.748 e. The van der Waals surface area contributed by atoms with E-state index >= 15 is 0 Å². The van der Waals surface area contributed by atoms with Crippen LogP contribution < -0.4 is 39.8 Å².